The van der Waals surface area contributed by atoms with Crippen LogP contribution >= 0.6 is 11.8 Å². The highest BCUT2D eigenvalue weighted by Crippen LogP contribution is 2.32. The molecule has 0 N–H and O–H groups in total. The Morgan fingerprint density at radius 3 is 2.70 bits per heavy atom. The summed E-state index contributed by atoms with van der Waals surface area (Å²) in [5.41, 5.74) is 2.01. The van der Waals surface area contributed by atoms with Crippen molar-refractivity contribution in [2.45, 2.75) is 43.8 Å². The largest absolute Gasteiger partial charge is 0.343 e. The second-order valence-electron chi connectivity index (χ2n) is 7.58. The Labute approximate surface area is 163 Å². The zero-order valence-corrected chi connectivity index (χ0v) is 16.5. The lowest BCUT2D eigenvalue weighted by Crippen LogP contribution is -2.40. The molecular weight excluding hydrogens is 358 g/mol. The molecule has 1 aromatic heterocycles. The van der Waals surface area contributed by atoms with Crippen LogP contribution in [0, 0.1) is 12.8 Å². The Morgan fingerprint density at radius 1 is 1.22 bits per heavy atom. The average molecular weight is 384 g/mol. The number of benzene rings is 1. The first kappa shape index (κ1) is 18.3. The fourth-order valence-electron chi connectivity index (χ4n) is 4.04. The SMILES string of the molecule is Cc1cnc2n(c1=O)[C@@H](CC(=O)N1CCC(Cc3ccccc3)CC1)CS2. The molecule has 142 valence electrons. The fourth-order valence-corrected chi connectivity index (χ4v) is 5.14. The van der Waals surface area contributed by atoms with Crippen molar-refractivity contribution in [3.63, 3.8) is 0 Å². The molecule has 0 unspecified atom stereocenters. The topological polar surface area (TPSA) is 55.2 Å². The molecular formula is C21H25N3O2S. The van der Waals surface area contributed by atoms with E-state index in [0.717, 1.165) is 43.3 Å². The van der Waals surface area contributed by atoms with Gasteiger partial charge in [0.1, 0.15) is 0 Å². The Morgan fingerprint density at radius 2 is 1.96 bits per heavy atom. The number of hydrogen-bond donors (Lipinski definition) is 0. The quantitative estimate of drug-likeness (QED) is 0.762. The van der Waals surface area contributed by atoms with E-state index in [1.807, 2.05) is 11.0 Å². The van der Waals surface area contributed by atoms with Gasteiger partial charge in [0.25, 0.3) is 5.56 Å². The summed E-state index contributed by atoms with van der Waals surface area (Å²) in [5.74, 6) is 1.57. The van der Waals surface area contributed by atoms with Crippen molar-refractivity contribution in [3.8, 4) is 0 Å². The van der Waals surface area contributed by atoms with E-state index in [9.17, 15) is 9.59 Å². The smallest absolute Gasteiger partial charge is 0.257 e. The second kappa shape index (κ2) is 7.89. The lowest BCUT2D eigenvalue weighted by molar-refractivity contribution is -0.133. The van der Waals surface area contributed by atoms with Crippen molar-refractivity contribution >= 4 is 17.7 Å². The number of likely N-dealkylation sites (tertiary alicyclic amines) is 1. The van der Waals surface area contributed by atoms with Gasteiger partial charge in [-0.3, -0.25) is 14.2 Å². The van der Waals surface area contributed by atoms with E-state index in [-0.39, 0.29) is 17.5 Å². The summed E-state index contributed by atoms with van der Waals surface area (Å²) >= 11 is 1.57. The summed E-state index contributed by atoms with van der Waals surface area (Å²) in [7, 11) is 0. The van der Waals surface area contributed by atoms with Gasteiger partial charge in [0.05, 0.1) is 6.04 Å². The van der Waals surface area contributed by atoms with Crippen LogP contribution < -0.4 is 5.56 Å². The molecule has 0 saturated carbocycles. The lowest BCUT2D eigenvalue weighted by atomic mass is 9.90. The van der Waals surface area contributed by atoms with Crippen molar-refractivity contribution < 1.29 is 4.79 Å². The van der Waals surface area contributed by atoms with E-state index >= 15 is 0 Å². The Bertz CT molecular complexity index is 873. The van der Waals surface area contributed by atoms with Gasteiger partial charge < -0.3 is 4.90 Å². The summed E-state index contributed by atoms with van der Waals surface area (Å²) < 4.78 is 1.72. The summed E-state index contributed by atoms with van der Waals surface area (Å²) in [6.07, 6.45) is 5.22. The van der Waals surface area contributed by atoms with Crippen molar-refractivity contribution in [2.24, 2.45) is 5.92 Å². The van der Waals surface area contributed by atoms with E-state index in [1.165, 1.54) is 5.56 Å². The highest BCUT2D eigenvalue weighted by molar-refractivity contribution is 7.99. The van der Waals surface area contributed by atoms with E-state index in [2.05, 4.69) is 29.2 Å². The summed E-state index contributed by atoms with van der Waals surface area (Å²) in [5, 5.41) is 0.741. The molecule has 1 saturated heterocycles. The number of aromatic nitrogens is 2. The standard InChI is InChI=1S/C21H25N3O2S/c1-15-13-22-21-24(20(15)26)18(14-27-21)12-19(25)23-9-7-17(8-10-23)11-16-5-3-2-4-6-16/h2-6,13,17-18H,7-12,14H2,1H3/t18-/m0/s1. The number of hydrogen-bond acceptors (Lipinski definition) is 4. The minimum atomic E-state index is -0.0700. The molecule has 0 bridgehead atoms. The summed E-state index contributed by atoms with van der Waals surface area (Å²) in [4.78, 5) is 31.6. The highest BCUT2D eigenvalue weighted by Gasteiger charge is 2.30. The van der Waals surface area contributed by atoms with Gasteiger partial charge in [-0.2, -0.15) is 0 Å². The molecule has 2 aliphatic rings. The molecule has 4 rings (SSSR count). The molecule has 1 amide bonds. The van der Waals surface area contributed by atoms with Crippen LogP contribution in [-0.2, 0) is 11.2 Å². The van der Waals surface area contributed by atoms with Crippen LogP contribution in [0.4, 0.5) is 0 Å². The predicted octanol–water partition coefficient (Wildman–Crippen LogP) is 3.07. The molecule has 2 aliphatic heterocycles. The number of rotatable bonds is 4. The number of nitrogens with zero attached hydrogens (tertiary/aromatic N) is 3. The Balaban J connectivity index is 1.34. The van der Waals surface area contributed by atoms with Crippen LogP contribution in [0.3, 0.4) is 0 Å². The van der Waals surface area contributed by atoms with Crippen molar-refractivity contribution in [1.82, 2.24) is 14.5 Å². The number of carbonyl (C=O) groups is 1. The van der Waals surface area contributed by atoms with Crippen LogP contribution in [0.25, 0.3) is 0 Å². The van der Waals surface area contributed by atoms with Crippen LogP contribution in [0.1, 0.15) is 36.4 Å². The summed E-state index contributed by atoms with van der Waals surface area (Å²) in [6.45, 7) is 3.43. The maximum atomic E-state index is 12.8. The van der Waals surface area contributed by atoms with Gasteiger partial charge in [-0.05, 0) is 37.7 Å². The first-order chi connectivity index (χ1) is 13.1. The van der Waals surface area contributed by atoms with Crippen molar-refractivity contribution in [3.05, 3.63) is 58.0 Å². The maximum Gasteiger partial charge on any atom is 0.257 e. The molecule has 1 atom stereocenters. The lowest BCUT2D eigenvalue weighted by Gasteiger charge is -2.33. The number of thioether (sulfide) groups is 1. The number of amides is 1. The molecule has 0 radical (unpaired) electrons. The molecule has 5 nitrogen and oxygen atoms in total. The van der Waals surface area contributed by atoms with Gasteiger partial charge in [-0.25, -0.2) is 4.98 Å². The number of carbonyl (C=O) groups excluding carboxylic acids is 1. The van der Waals surface area contributed by atoms with Crippen LogP contribution in [0.5, 0.6) is 0 Å². The average Bonchev–Trinajstić information content (AvgIpc) is 3.09. The van der Waals surface area contributed by atoms with Crippen molar-refractivity contribution in [2.75, 3.05) is 18.8 Å². The zero-order valence-electron chi connectivity index (χ0n) is 15.6. The van der Waals surface area contributed by atoms with E-state index < -0.39 is 0 Å². The van der Waals surface area contributed by atoms with Gasteiger partial charge in [0, 0.05) is 37.0 Å². The minimum absolute atomic E-state index is 0.00984. The molecule has 0 spiro atoms. The fraction of sp³-hybridized carbons (Fsp3) is 0.476. The van der Waals surface area contributed by atoms with E-state index in [0.29, 0.717) is 17.9 Å². The molecule has 3 heterocycles. The van der Waals surface area contributed by atoms with E-state index in [4.69, 9.17) is 0 Å². The van der Waals surface area contributed by atoms with Crippen molar-refractivity contribution in [1.29, 1.82) is 0 Å². The van der Waals surface area contributed by atoms with Gasteiger partial charge in [0.15, 0.2) is 5.16 Å². The molecule has 1 aromatic carbocycles. The van der Waals surface area contributed by atoms with Gasteiger partial charge in [-0.15, -0.1) is 0 Å². The number of fused-ring (bicyclic) bond motifs is 1. The second-order valence-corrected chi connectivity index (χ2v) is 8.57. The summed E-state index contributed by atoms with van der Waals surface area (Å²) in [6, 6.07) is 10.5. The monoisotopic (exact) mass is 383 g/mol. The normalized spacial score (nSPS) is 19.9. The molecule has 1 fully saturated rings. The maximum absolute atomic E-state index is 12.8. The third-order valence-corrected chi connectivity index (χ3v) is 6.76. The third kappa shape index (κ3) is 3.95. The zero-order chi connectivity index (χ0) is 18.8. The predicted molar refractivity (Wildman–Crippen MR) is 107 cm³/mol. The van der Waals surface area contributed by atoms with Gasteiger partial charge in [-0.1, -0.05) is 42.1 Å². The number of aryl methyl sites for hydroxylation is 1. The van der Waals surface area contributed by atoms with E-state index in [1.54, 1.807) is 29.4 Å². The first-order valence-corrected chi connectivity index (χ1v) is 10.6. The Hall–Kier alpha value is -2.08. The number of piperidine rings is 1. The van der Waals surface area contributed by atoms with Gasteiger partial charge >= 0.3 is 0 Å². The molecule has 0 aliphatic carbocycles. The van der Waals surface area contributed by atoms with Crippen LogP contribution in [0.15, 0.2) is 46.5 Å². The molecule has 27 heavy (non-hydrogen) atoms. The van der Waals surface area contributed by atoms with Crippen LogP contribution in [-0.4, -0.2) is 39.2 Å². The van der Waals surface area contributed by atoms with Crippen LogP contribution in [0.2, 0.25) is 0 Å². The molecule has 2 aromatic rings. The highest BCUT2D eigenvalue weighted by atomic mass is 32.2. The van der Waals surface area contributed by atoms with Gasteiger partial charge in [0.2, 0.25) is 5.91 Å². The first-order valence-electron chi connectivity index (χ1n) is 9.64. The minimum Gasteiger partial charge on any atom is -0.343 e. The molecule has 6 heteroatoms. The third-order valence-electron chi connectivity index (χ3n) is 5.65. The Kier molecular flexibility index (Phi) is 5.34.